The standard InChI is InChI=1S/C13H18ClNO4S2/c1-19-13(16)12(15)6-7-20-8-9-21(17,18)11-4-2-10(14)3-5-11/h2-5,12H,6-9,15H2,1H3. The molecule has 1 aromatic carbocycles. The number of hydrogen-bond acceptors (Lipinski definition) is 6. The topological polar surface area (TPSA) is 86.5 Å². The van der Waals surface area contributed by atoms with E-state index < -0.39 is 21.8 Å². The van der Waals surface area contributed by atoms with Crippen molar-refractivity contribution in [2.24, 2.45) is 5.73 Å². The molecule has 0 saturated heterocycles. The van der Waals surface area contributed by atoms with Crippen LogP contribution in [0.4, 0.5) is 0 Å². The number of halogens is 1. The van der Waals surface area contributed by atoms with Crippen LogP contribution in [0.25, 0.3) is 0 Å². The molecule has 0 aliphatic heterocycles. The van der Waals surface area contributed by atoms with Gasteiger partial charge in [0.2, 0.25) is 0 Å². The Bertz CT molecular complexity index is 560. The largest absolute Gasteiger partial charge is 0.468 e. The van der Waals surface area contributed by atoms with Crippen molar-refractivity contribution in [3.8, 4) is 0 Å². The Morgan fingerprint density at radius 2 is 1.95 bits per heavy atom. The van der Waals surface area contributed by atoms with Gasteiger partial charge in [-0.05, 0) is 36.4 Å². The zero-order valence-corrected chi connectivity index (χ0v) is 14.0. The predicted molar refractivity (Wildman–Crippen MR) is 85.4 cm³/mol. The fraction of sp³-hybridized carbons (Fsp3) is 0.462. The molecule has 8 heteroatoms. The maximum absolute atomic E-state index is 12.0. The lowest BCUT2D eigenvalue weighted by molar-refractivity contribution is -0.142. The SMILES string of the molecule is COC(=O)C(N)CCSCCS(=O)(=O)c1ccc(Cl)cc1. The minimum absolute atomic E-state index is 0.0345. The maximum atomic E-state index is 12.0. The molecule has 0 aliphatic carbocycles. The number of sulfone groups is 1. The molecular weight excluding hydrogens is 334 g/mol. The van der Waals surface area contributed by atoms with E-state index in [2.05, 4.69) is 4.74 Å². The smallest absolute Gasteiger partial charge is 0.322 e. The Hall–Kier alpha value is -0.760. The number of rotatable bonds is 8. The van der Waals surface area contributed by atoms with Gasteiger partial charge < -0.3 is 10.5 Å². The number of esters is 1. The second-order valence-corrected chi connectivity index (χ2v) is 8.07. The number of ether oxygens (including phenoxy) is 1. The monoisotopic (exact) mass is 351 g/mol. The first kappa shape index (κ1) is 18.3. The van der Waals surface area contributed by atoms with Crippen LogP contribution in [0.2, 0.25) is 5.02 Å². The normalized spacial score (nSPS) is 12.9. The van der Waals surface area contributed by atoms with Crippen LogP contribution in [-0.2, 0) is 19.4 Å². The van der Waals surface area contributed by atoms with E-state index in [9.17, 15) is 13.2 Å². The molecule has 1 atom stereocenters. The first-order chi connectivity index (χ1) is 9.86. The van der Waals surface area contributed by atoms with Gasteiger partial charge in [-0.25, -0.2) is 8.42 Å². The van der Waals surface area contributed by atoms with Gasteiger partial charge in [-0.3, -0.25) is 4.79 Å². The van der Waals surface area contributed by atoms with Crippen molar-refractivity contribution in [2.45, 2.75) is 17.4 Å². The molecule has 0 bridgehead atoms. The average Bonchev–Trinajstić information content (AvgIpc) is 2.46. The third-order valence-electron chi connectivity index (χ3n) is 2.75. The van der Waals surface area contributed by atoms with Crippen LogP contribution in [0.1, 0.15) is 6.42 Å². The maximum Gasteiger partial charge on any atom is 0.322 e. The molecule has 1 rings (SSSR count). The van der Waals surface area contributed by atoms with Crippen LogP contribution in [0.5, 0.6) is 0 Å². The molecule has 0 radical (unpaired) electrons. The molecule has 2 N–H and O–H groups in total. The highest BCUT2D eigenvalue weighted by molar-refractivity contribution is 8.00. The van der Waals surface area contributed by atoms with Crippen molar-refractivity contribution in [3.05, 3.63) is 29.3 Å². The van der Waals surface area contributed by atoms with Crippen LogP contribution in [-0.4, -0.2) is 44.8 Å². The number of carbonyl (C=O) groups excluding carboxylic acids is 1. The van der Waals surface area contributed by atoms with Crippen molar-refractivity contribution < 1.29 is 17.9 Å². The Kier molecular flexibility index (Phi) is 7.51. The Balaban J connectivity index is 2.35. The van der Waals surface area contributed by atoms with E-state index >= 15 is 0 Å². The summed E-state index contributed by atoms with van der Waals surface area (Å²) in [5.41, 5.74) is 5.58. The van der Waals surface area contributed by atoms with Crippen molar-refractivity contribution in [3.63, 3.8) is 0 Å². The first-order valence-corrected chi connectivity index (χ1v) is 9.45. The summed E-state index contributed by atoms with van der Waals surface area (Å²) in [5, 5.41) is 0.500. The van der Waals surface area contributed by atoms with Crippen molar-refractivity contribution in [1.29, 1.82) is 0 Å². The number of hydrogen-bond donors (Lipinski definition) is 1. The minimum Gasteiger partial charge on any atom is -0.468 e. The summed E-state index contributed by atoms with van der Waals surface area (Å²) < 4.78 is 28.6. The minimum atomic E-state index is -3.30. The number of benzene rings is 1. The number of thioether (sulfide) groups is 1. The van der Waals surface area contributed by atoms with Crippen molar-refractivity contribution >= 4 is 39.2 Å². The van der Waals surface area contributed by atoms with Crippen LogP contribution < -0.4 is 5.73 Å². The quantitative estimate of drug-likeness (QED) is 0.567. The van der Waals surface area contributed by atoms with Gasteiger partial charge in [0, 0.05) is 10.8 Å². The van der Waals surface area contributed by atoms with E-state index in [0.29, 0.717) is 22.9 Å². The van der Waals surface area contributed by atoms with E-state index in [1.54, 1.807) is 12.1 Å². The van der Waals surface area contributed by atoms with Gasteiger partial charge in [0.25, 0.3) is 0 Å². The highest BCUT2D eigenvalue weighted by Gasteiger charge is 2.15. The highest BCUT2D eigenvalue weighted by Crippen LogP contribution is 2.16. The van der Waals surface area contributed by atoms with Crippen LogP contribution >= 0.6 is 23.4 Å². The van der Waals surface area contributed by atoms with E-state index in [-0.39, 0.29) is 10.6 Å². The van der Waals surface area contributed by atoms with E-state index in [0.717, 1.165) is 0 Å². The number of nitrogens with two attached hydrogens (primary N) is 1. The zero-order chi connectivity index (χ0) is 15.9. The van der Waals surface area contributed by atoms with Gasteiger partial charge in [0.05, 0.1) is 17.8 Å². The first-order valence-electron chi connectivity index (χ1n) is 6.26. The Morgan fingerprint density at radius 3 is 2.52 bits per heavy atom. The highest BCUT2D eigenvalue weighted by atomic mass is 35.5. The Labute approximate surface area is 134 Å². The lowest BCUT2D eigenvalue weighted by Crippen LogP contribution is -2.32. The fourth-order valence-corrected chi connectivity index (χ4v) is 4.40. The second-order valence-electron chi connectivity index (χ2n) is 4.30. The van der Waals surface area contributed by atoms with Gasteiger partial charge in [-0.1, -0.05) is 11.6 Å². The molecule has 0 heterocycles. The summed E-state index contributed by atoms with van der Waals surface area (Å²) in [6.07, 6.45) is 0.457. The lowest BCUT2D eigenvalue weighted by Gasteiger charge is -2.08. The van der Waals surface area contributed by atoms with Crippen molar-refractivity contribution in [1.82, 2.24) is 0 Å². The summed E-state index contributed by atoms with van der Waals surface area (Å²) in [4.78, 5) is 11.3. The summed E-state index contributed by atoms with van der Waals surface area (Å²) in [5.74, 6) is 0.627. The molecule has 0 amide bonds. The predicted octanol–water partition coefficient (Wildman–Crippen LogP) is 1.74. The molecule has 118 valence electrons. The summed E-state index contributed by atoms with van der Waals surface area (Å²) in [7, 11) is -2.02. The van der Waals surface area contributed by atoms with Crippen LogP contribution in [0.15, 0.2) is 29.2 Å². The molecular formula is C13H18ClNO4S2. The number of carbonyl (C=O) groups is 1. The Morgan fingerprint density at radius 1 is 1.33 bits per heavy atom. The molecule has 0 fully saturated rings. The van der Waals surface area contributed by atoms with Gasteiger partial charge in [-0.2, -0.15) is 11.8 Å². The summed E-state index contributed by atoms with van der Waals surface area (Å²) >= 11 is 7.17. The molecule has 5 nitrogen and oxygen atoms in total. The molecule has 0 spiro atoms. The third-order valence-corrected chi connectivity index (χ3v) is 6.01. The van der Waals surface area contributed by atoms with Gasteiger partial charge in [-0.15, -0.1) is 0 Å². The second kappa shape index (κ2) is 8.63. The average molecular weight is 352 g/mol. The zero-order valence-electron chi connectivity index (χ0n) is 11.6. The van der Waals surface area contributed by atoms with E-state index in [4.69, 9.17) is 17.3 Å². The van der Waals surface area contributed by atoms with Crippen LogP contribution in [0, 0.1) is 0 Å². The van der Waals surface area contributed by atoms with Crippen LogP contribution in [0.3, 0.4) is 0 Å². The van der Waals surface area contributed by atoms with Crippen molar-refractivity contribution in [2.75, 3.05) is 24.4 Å². The van der Waals surface area contributed by atoms with E-state index in [1.165, 1.54) is 31.0 Å². The van der Waals surface area contributed by atoms with E-state index in [1.807, 2.05) is 0 Å². The fourth-order valence-electron chi connectivity index (χ4n) is 1.51. The molecule has 0 aliphatic rings. The van der Waals surface area contributed by atoms with Gasteiger partial charge >= 0.3 is 5.97 Å². The van der Waals surface area contributed by atoms with Gasteiger partial charge in [0.1, 0.15) is 6.04 Å². The molecule has 21 heavy (non-hydrogen) atoms. The third kappa shape index (κ3) is 6.25. The summed E-state index contributed by atoms with van der Waals surface area (Å²) in [6.45, 7) is 0. The molecule has 0 aromatic heterocycles. The number of methoxy groups -OCH3 is 1. The molecule has 0 saturated carbocycles. The summed E-state index contributed by atoms with van der Waals surface area (Å²) in [6, 6.07) is 5.44. The molecule has 1 unspecified atom stereocenters. The van der Waals surface area contributed by atoms with Gasteiger partial charge in [0.15, 0.2) is 9.84 Å². The molecule has 1 aromatic rings. The lowest BCUT2D eigenvalue weighted by atomic mass is 10.2.